The lowest BCUT2D eigenvalue weighted by atomic mass is 10.1. The van der Waals surface area contributed by atoms with E-state index in [0.29, 0.717) is 9.98 Å². The van der Waals surface area contributed by atoms with Gasteiger partial charge in [0.1, 0.15) is 15.8 Å². The molecule has 3 aromatic rings. The number of nitrogens with two attached hydrogens (primary N) is 2. The molecule has 0 aliphatic heterocycles. The molecule has 0 fully saturated rings. The van der Waals surface area contributed by atoms with Crippen LogP contribution in [-0.4, -0.2) is 19.9 Å². The van der Waals surface area contributed by atoms with Gasteiger partial charge in [-0.05, 0) is 18.2 Å². The van der Waals surface area contributed by atoms with Gasteiger partial charge in [-0.1, -0.05) is 48.7 Å². The van der Waals surface area contributed by atoms with E-state index in [0.717, 1.165) is 33.5 Å². The van der Waals surface area contributed by atoms with Crippen molar-refractivity contribution >= 4 is 45.4 Å². The van der Waals surface area contributed by atoms with E-state index in [4.69, 9.17) is 35.9 Å². The smallest absolute Gasteiger partial charge is 0.138 e. The first-order valence-corrected chi connectivity index (χ1v) is 7.06. The molecule has 0 aliphatic rings. The molecule has 5 N–H and O–H groups in total. The maximum atomic E-state index is 5.64. The van der Waals surface area contributed by atoms with Gasteiger partial charge in [-0.25, -0.2) is 4.98 Å². The van der Waals surface area contributed by atoms with Gasteiger partial charge in [0.2, 0.25) is 0 Å². The molecule has 0 bridgehead atoms. The van der Waals surface area contributed by atoms with E-state index in [1.54, 1.807) is 0 Å². The largest absolute Gasteiger partial charge is 0.389 e. The maximum Gasteiger partial charge on any atom is 0.138 e. The lowest BCUT2D eigenvalue weighted by molar-refractivity contribution is 1.33. The Morgan fingerprint density at radius 1 is 0.905 bits per heavy atom. The summed E-state index contributed by atoms with van der Waals surface area (Å²) in [6.07, 6.45) is 0. The molecule has 1 aromatic heterocycles. The van der Waals surface area contributed by atoms with Crippen molar-refractivity contribution in [3.63, 3.8) is 0 Å². The molecule has 2 aromatic carbocycles. The Morgan fingerprint density at radius 2 is 1.52 bits per heavy atom. The zero-order valence-corrected chi connectivity index (χ0v) is 12.6. The van der Waals surface area contributed by atoms with E-state index in [1.807, 2.05) is 42.5 Å². The minimum Gasteiger partial charge on any atom is -0.389 e. The van der Waals surface area contributed by atoms with Gasteiger partial charge in [0, 0.05) is 16.7 Å². The van der Waals surface area contributed by atoms with E-state index < -0.39 is 0 Å². The number of benzene rings is 2. The fourth-order valence-electron chi connectivity index (χ4n) is 2.09. The molecule has 3 rings (SSSR count). The number of nitrogens with zero attached hydrogens (tertiary/aromatic N) is 1. The van der Waals surface area contributed by atoms with Crippen molar-refractivity contribution in [2.75, 3.05) is 0 Å². The second-order valence-electron chi connectivity index (χ2n) is 4.62. The molecular weight excluding hydrogens is 300 g/mol. The normalized spacial score (nSPS) is 10.7. The number of fused-ring (bicyclic) bond motifs is 1. The number of hydrogen-bond acceptors (Lipinski definition) is 3. The number of nitrogens with one attached hydrogen (secondary N) is 1. The van der Waals surface area contributed by atoms with Crippen LogP contribution in [0.15, 0.2) is 42.5 Å². The highest BCUT2D eigenvalue weighted by molar-refractivity contribution is 7.80. The molecule has 0 amide bonds. The Balaban J connectivity index is 2.04. The first kappa shape index (κ1) is 13.7. The van der Waals surface area contributed by atoms with Crippen LogP contribution < -0.4 is 11.5 Å². The van der Waals surface area contributed by atoms with Crippen molar-refractivity contribution in [1.29, 1.82) is 0 Å². The molecule has 104 valence electrons. The molecule has 0 saturated carbocycles. The summed E-state index contributed by atoms with van der Waals surface area (Å²) >= 11 is 9.93. The Bertz CT molecular complexity index is 850. The number of H-pyrrole nitrogens is 1. The van der Waals surface area contributed by atoms with Crippen LogP contribution in [0, 0.1) is 0 Å². The van der Waals surface area contributed by atoms with Crippen LogP contribution in [0.5, 0.6) is 0 Å². The average Bonchev–Trinajstić information content (AvgIpc) is 2.90. The molecule has 4 nitrogen and oxygen atoms in total. The van der Waals surface area contributed by atoms with Crippen molar-refractivity contribution in [1.82, 2.24) is 9.97 Å². The quantitative estimate of drug-likeness (QED) is 0.647. The number of aromatic nitrogens is 2. The zero-order chi connectivity index (χ0) is 15.0. The summed E-state index contributed by atoms with van der Waals surface area (Å²) in [6, 6.07) is 13.3. The van der Waals surface area contributed by atoms with Gasteiger partial charge in [-0.3, -0.25) is 0 Å². The summed E-state index contributed by atoms with van der Waals surface area (Å²) in [5.41, 5.74) is 15.6. The Hall–Kier alpha value is -2.31. The van der Waals surface area contributed by atoms with E-state index >= 15 is 0 Å². The molecule has 0 unspecified atom stereocenters. The molecule has 0 atom stereocenters. The first-order chi connectivity index (χ1) is 10.0. The van der Waals surface area contributed by atoms with E-state index in [9.17, 15) is 0 Å². The Kier molecular flexibility index (Phi) is 3.40. The van der Waals surface area contributed by atoms with Gasteiger partial charge < -0.3 is 16.5 Å². The summed E-state index contributed by atoms with van der Waals surface area (Å²) in [6.45, 7) is 0. The third kappa shape index (κ3) is 2.63. The predicted octanol–water partition coefficient (Wildman–Crippen LogP) is 2.50. The van der Waals surface area contributed by atoms with Crippen LogP contribution in [0.1, 0.15) is 11.1 Å². The van der Waals surface area contributed by atoms with Gasteiger partial charge >= 0.3 is 0 Å². The van der Waals surface area contributed by atoms with E-state index in [1.165, 1.54) is 0 Å². The summed E-state index contributed by atoms with van der Waals surface area (Å²) < 4.78 is 0. The van der Waals surface area contributed by atoms with Gasteiger partial charge in [-0.15, -0.1) is 0 Å². The summed E-state index contributed by atoms with van der Waals surface area (Å²) in [7, 11) is 0. The lowest BCUT2D eigenvalue weighted by Crippen LogP contribution is -2.08. The average molecular weight is 312 g/mol. The van der Waals surface area contributed by atoms with Crippen LogP contribution >= 0.6 is 24.4 Å². The molecular formula is C15H12N4S2. The molecule has 0 saturated heterocycles. The maximum absolute atomic E-state index is 5.64. The molecule has 21 heavy (non-hydrogen) atoms. The van der Waals surface area contributed by atoms with Crippen LogP contribution in [0.25, 0.3) is 22.4 Å². The van der Waals surface area contributed by atoms with Gasteiger partial charge in [0.15, 0.2) is 0 Å². The van der Waals surface area contributed by atoms with Crippen LogP contribution in [0.2, 0.25) is 0 Å². The topological polar surface area (TPSA) is 80.7 Å². The fourth-order valence-corrected chi connectivity index (χ4v) is 2.36. The SMILES string of the molecule is NC(=S)c1ccc(-c2nc3ccc(C(N)=S)cc3[nH]2)cc1. The van der Waals surface area contributed by atoms with E-state index in [-0.39, 0.29) is 0 Å². The summed E-state index contributed by atoms with van der Waals surface area (Å²) in [5.74, 6) is 0.777. The highest BCUT2D eigenvalue weighted by atomic mass is 32.1. The van der Waals surface area contributed by atoms with Crippen LogP contribution in [0.3, 0.4) is 0 Å². The third-order valence-corrected chi connectivity index (χ3v) is 3.68. The highest BCUT2D eigenvalue weighted by Gasteiger charge is 2.07. The zero-order valence-electron chi connectivity index (χ0n) is 11.0. The summed E-state index contributed by atoms with van der Waals surface area (Å²) in [4.78, 5) is 8.57. The van der Waals surface area contributed by atoms with Crippen molar-refractivity contribution in [3.8, 4) is 11.4 Å². The predicted molar refractivity (Wildman–Crippen MR) is 93.3 cm³/mol. The van der Waals surface area contributed by atoms with Crippen molar-refractivity contribution < 1.29 is 0 Å². The second kappa shape index (κ2) is 5.23. The van der Waals surface area contributed by atoms with Crippen molar-refractivity contribution in [2.45, 2.75) is 0 Å². The van der Waals surface area contributed by atoms with Gasteiger partial charge in [0.25, 0.3) is 0 Å². The number of thiocarbonyl (C=S) groups is 2. The second-order valence-corrected chi connectivity index (χ2v) is 5.50. The number of imidazole rings is 1. The van der Waals surface area contributed by atoms with Crippen molar-refractivity contribution in [2.24, 2.45) is 11.5 Å². The Morgan fingerprint density at radius 3 is 2.14 bits per heavy atom. The van der Waals surface area contributed by atoms with Gasteiger partial charge in [-0.2, -0.15) is 0 Å². The summed E-state index contributed by atoms with van der Waals surface area (Å²) in [5, 5.41) is 0. The molecule has 0 aliphatic carbocycles. The standard InChI is InChI=1S/C15H12N4S2/c16-13(20)8-1-3-9(4-2-8)15-18-11-6-5-10(14(17)21)7-12(11)19-15/h1-7H,(H2,16,20)(H2,17,21)(H,18,19). The van der Waals surface area contributed by atoms with Crippen LogP contribution in [-0.2, 0) is 0 Å². The molecule has 6 heteroatoms. The molecule has 1 heterocycles. The number of hydrogen-bond donors (Lipinski definition) is 3. The minimum atomic E-state index is 0.369. The molecule has 0 radical (unpaired) electrons. The Labute approximate surface area is 132 Å². The first-order valence-electron chi connectivity index (χ1n) is 6.24. The molecule has 0 spiro atoms. The fraction of sp³-hybridized carbons (Fsp3) is 0. The highest BCUT2D eigenvalue weighted by Crippen LogP contribution is 2.21. The van der Waals surface area contributed by atoms with Crippen LogP contribution in [0.4, 0.5) is 0 Å². The van der Waals surface area contributed by atoms with E-state index in [2.05, 4.69) is 9.97 Å². The minimum absolute atomic E-state index is 0.369. The van der Waals surface area contributed by atoms with Crippen molar-refractivity contribution in [3.05, 3.63) is 53.6 Å². The van der Waals surface area contributed by atoms with Gasteiger partial charge in [0.05, 0.1) is 11.0 Å². The monoisotopic (exact) mass is 312 g/mol. The number of aromatic amines is 1. The lowest BCUT2D eigenvalue weighted by Gasteiger charge is -1.99. The third-order valence-electron chi connectivity index (χ3n) is 3.21. The number of rotatable bonds is 3.